The third-order valence-electron chi connectivity index (χ3n) is 5.45. The van der Waals surface area contributed by atoms with Gasteiger partial charge in [0.2, 0.25) is 0 Å². The summed E-state index contributed by atoms with van der Waals surface area (Å²) in [5.74, 6) is -1.24. The molecule has 0 fully saturated rings. The lowest BCUT2D eigenvalue weighted by atomic mass is 10.1. The van der Waals surface area contributed by atoms with E-state index in [-0.39, 0.29) is 27.1 Å². The zero-order chi connectivity index (χ0) is 23.8. The van der Waals surface area contributed by atoms with E-state index in [1.165, 1.54) is 25.3 Å². The Morgan fingerprint density at radius 3 is 2.61 bits per heavy atom. The fourth-order valence-corrected chi connectivity index (χ4v) is 5.36. The predicted molar refractivity (Wildman–Crippen MR) is 124 cm³/mol. The van der Waals surface area contributed by atoms with Crippen LogP contribution >= 0.6 is 0 Å². The molecule has 0 saturated carbocycles. The van der Waals surface area contributed by atoms with E-state index >= 15 is 0 Å². The number of halogens is 1. The second-order valence-corrected chi connectivity index (χ2v) is 9.41. The lowest BCUT2D eigenvalue weighted by Gasteiger charge is -2.11. The minimum atomic E-state index is -4.11. The first kappa shape index (κ1) is 22.5. The Morgan fingerprint density at radius 1 is 1.15 bits per heavy atom. The number of anilines is 2. The van der Waals surface area contributed by atoms with Crippen LogP contribution in [0.2, 0.25) is 0 Å². The van der Waals surface area contributed by atoms with E-state index in [1.807, 2.05) is 24.3 Å². The highest BCUT2D eigenvalue weighted by atomic mass is 32.2. The third-order valence-corrected chi connectivity index (χ3v) is 7.24. The van der Waals surface area contributed by atoms with Gasteiger partial charge in [-0.15, -0.1) is 0 Å². The molecule has 0 radical (unpaired) electrons. The molecular formula is C24H22FN3O4S. The zero-order valence-corrected chi connectivity index (χ0v) is 18.9. The summed E-state index contributed by atoms with van der Waals surface area (Å²) in [5, 5.41) is 12.7. The largest absolute Gasteiger partial charge is 0.481 e. The van der Waals surface area contributed by atoms with Crippen molar-refractivity contribution in [3.8, 4) is 0 Å². The van der Waals surface area contributed by atoms with E-state index in [4.69, 9.17) is 0 Å². The van der Waals surface area contributed by atoms with Crippen molar-refractivity contribution in [3.63, 3.8) is 0 Å². The summed E-state index contributed by atoms with van der Waals surface area (Å²) < 4.78 is 41.8. The number of fused-ring (bicyclic) bond motifs is 1. The van der Waals surface area contributed by atoms with Crippen molar-refractivity contribution in [3.05, 3.63) is 83.4 Å². The van der Waals surface area contributed by atoms with E-state index < -0.39 is 28.2 Å². The lowest BCUT2D eigenvalue weighted by Crippen LogP contribution is -2.15. The number of aliphatic carboxylic acids is 1. The van der Waals surface area contributed by atoms with Gasteiger partial charge in [0.15, 0.2) is 0 Å². The normalized spacial score (nSPS) is 11.6. The third kappa shape index (κ3) is 4.31. The van der Waals surface area contributed by atoms with Gasteiger partial charge in [0.1, 0.15) is 16.5 Å². The summed E-state index contributed by atoms with van der Waals surface area (Å²) in [6, 6.07) is 14.5. The van der Waals surface area contributed by atoms with E-state index in [9.17, 15) is 22.7 Å². The van der Waals surface area contributed by atoms with Crippen LogP contribution in [0.15, 0.2) is 65.7 Å². The predicted octanol–water partition coefficient (Wildman–Crippen LogP) is 4.65. The highest BCUT2D eigenvalue weighted by Crippen LogP contribution is 2.31. The second kappa shape index (κ2) is 8.67. The SMILES string of the molecule is CCc1cccc(Nc2ccc(S(=O)(=O)n3c(C)c(CC(=O)O)c4cc(F)ccc43)cn2)c1. The maximum atomic E-state index is 13.9. The summed E-state index contributed by atoms with van der Waals surface area (Å²) in [6.07, 6.45) is 1.71. The molecular weight excluding hydrogens is 445 g/mol. The highest BCUT2D eigenvalue weighted by Gasteiger charge is 2.26. The zero-order valence-electron chi connectivity index (χ0n) is 18.0. The molecule has 0 amide bonds. The number of aromatic nitrogens is 2. The van der Waals surface area contributed by atoms with Crippen LogP contribution in [0.1, 0.15) is 23.7 Å². The monoisotopic (exact) mass is 467 g/mol. The second-order valence-electron chi connectivity index (χ2n) is 7.62. The molecule has 0 bridgehead atoms. The van der Waals surface area contributed by atoms with E-state index in [1.54, 1.807) is 6.07 Å². The Morgan fingerprint density at radius 2 is 1.94 bits per heavy atom. The fraction of sp³-hybridized carbons (Fsp3) is 0.167. The number of carboxylic acids is 1. The van der Waals surface area contributed by atoms with Crippen molar-refractivity contribution in [1.29, 1.82) is 0 Å². The van der Waals surface area contributed by atoms with Crippen molar-refractivity contribution in [1.82, 2.24) is 8.96 Å². The molecule has 2 aromatic carbocycles. The Kier molecular flexibility index (Phi) is 5.90. The maximum Gasteiger partial charge on any atom is 0.307 e. The maximum absolute atomic E-state index is 13.9. The molecule has 33 heavy (non-hydrogen) atoms. The van der Waals surface area contributed by atoms with E-state index in [0.717, 1.165) is 33.8 Å². The van der Waals surface area contributed by atoms with Crippen LogP contribution in [0, 0.1) is 12.7 Å². The van der Waals surface area contributed by atoms with Gasteiger partial charge >= 0.3 is 5.97 Å². The average Bonchev–Trinajstić information content (AvgIpc) is 3.05. The highest BCUT2D eigenvalue weighted by molar-refractivity contribution is 7.90. The lowest BCUT2D eigenvalue weighted by molar-refractivity contribution is -0.136. The summed E-state index contributed by atoms with van der Waals surface area (Å²) in [6.45, 7) is 3.57. The minimum absolute atomic E-state index is 0.0680. The Balaban J connectivity index is 1.74. The van der Waals surface area contributed by atoms with Crippen LogP contribution in [0.3, 0.4) is 0 Å². The molecule has 0 atom stereocenters. The van der Waals surface area contributed by atoms with Gasteiger partial charge < -0.3 is 10.4 Å². The molecule has 0 aliphatic heterocycles. The van der Waals surface area contributed by atoms with Crippen molar-refractivity contribution >= 4 is 38.4 Å². The number of aryl methyl sites for hydroxylation is 1. The number of hydrogen-bond acceptors (Lipinski definition) is 5. The molecule has 4 aromatic rings. The average molecular weight is 468 g/mol. The minimum Gasteiger partial charge on any atom is -0.481 e. The molecule has 2 heterocycles. The molecule has 4 rings (SSSR count). The molecule has 2 aromatic heterocycles. The number of nitrogens with one attached hydrogen (secondary N) is 1. The van der Waals surface area contributed by atoms with Gasteiger partial charge in [-0.2, -0.15) is 0 Å². The van der Waals surface area contributed by atoms with Crippen molar-refractivity contribution < 1.29 is 22.7 Å². The van der Waals surface area contributed by atoms with Gasteiger partial charge in [-0.25, -0.2) is 21.8 Å². The first-order valence-electron chi connectivity index (χ1n) is 10.3. The van der Waals surface area contributed by atoms with Gasteiger partial charge in [-0.1, -0.05) is 19.1 Å². The Bertz CT molecular complexity index is 1460. The molecule has 0 aliphatic rings. The summed E-state index contributed by atoms with van der Waals surface area (Å²) >= 11 is 0. The van der Waals surface area contributed by atoms with Crippen LogP contribution in [-0.2, 0) is 27.7 Å². The van der Waals surface area contributed by atoms with Crippen LogP contribution in [-0.4, -0.2) is 28.5 Å². The van der Waals surface area contributed by atoms with Crippen LogP contribution in [0.4, 0.5) is 15.9 Å². The number of rotatable bonds is 7. The summed E-state index contributed by atoms with van der Waals surface area (Å²) in [7, 11) is -4.11. The van der Waals surface area contributed by atoms with Gasteiger partial charge in [-0.05, 0) is 66.9 Å². The molecule has 9 heteroatoms. The van der Waals surface area contributed by atoms with Gasteiger partial charge in [-0.3, -0.25) is 4.79 Å². The standard InChI is InChI=1S/C24H22FN3O4S/c1-3-16-5-4-6-18(11-16)27-23-10-8-19(14-26-23)33(31,32)28-15(2)20(13-24(29)30)21-12-17(25)7-9-22(21)28/h4-12,14H,3,13H2,1-2H3,(H,26,27)(H,29,30). The van der Waals surface area contributed by atoms with Gasteiger partial charge in [0.25, 0.3) is 10.0 Å². The number of hydrogen-bond donors (Lipinski definition) is 2. The smallest absolute Gasteiger partial charge is 0.307 e. The Labute approximate surface area is 190 Å². The van der Waals surface area contributed by atoms with Gasteiger partial charge in [0.05, 0.1) is 11.9 Å². The van der Waals surface area contributed by atoms with Crippen molar-refractivity contribution in [2.45, 2.75) is 31.6 Å². The molecule has 170 valence electrons. The van der Waals surface area contributed by atoms with Crippen molar-refractivity contribution in [2.24, 2.45) is 0 Å². The molecule has 0 unspecified atom stereocenters. The fourth-order valence-electron chi connectivity index (χ4n) is 3.84. The van der Waals surface area contributed by atoms with Crippen LogP contribution in [0.25, 0.3) is 10.9 Å². The van der Waals surface area contributed by atoms with Gasteiger partial charge in [0, 0.05) is 23.0 Å². The Hall–Kier alpha value is -3.72. The first-order chi connectivity index (χ1) is 15.7. The number of pyridine rings is 1. The van der Waals surface area contributed by atoms with E-state index in [2.05, 4.69) is 17.2 Å². The molecule has 0 spiro atoms. The number of benzene rings is 2. The van der Waals surface area contributed by atoms with Crippen LogP contribution in [0.5, 0.6) is 0 Å². The van der Waals surface area contributed by atoms with E-state index in [0.29, 0.717) is 5.82 Å². The number of carboxylic acid groups (broad SMARTS) is 1. The van der Waals surface area contributed by atoms with Crippen molar-refractivity contribution in [2.75, 3.05) is 5.32 Å². The quantitative estimate of drug-likeness (QED) is 0.410. The number of carbonyl (C=O) groups is 1. The summed E-state index contributed by atoms with van der Waals surface area (Å²) in [4.78, 5) is 15.5. The molecule has 0 aliphatic carbocycles. The molecule has 0 saturated heterocycles. The molecule has 2 N–H and O–H groups in total. The summed E-state index contributed by atoms with van der Waals surface area (Å²) in [5.41, 5.74) is 2.68. The first-order valence-corrected chi connectivity index (χ1v) is 11.7. The molecule has 7 nitrogen and oxygen atoms in total. The van der Waals surface area contributed by atoms with Crippen LogP contribution < -0.4 is 5.32 Å². The topological polar surface area (TPSA) is 101 Å². The number of nitrogens with zero attached hydrogens (tertiary/aromatic N) is 2.